The number of rotatable bonds is 2. The highest BCUT2D eigenvalue weighted by molar-refractivity contribution is 5.80. The van der Waals surface area contributed by atoms with Gasteiger partial charge in [0, 0.05) is 23.8 Å². The first kappa shape index (κ1) is 12.0. The van der Waals surface area contributed by atoms with Crippen molar-refractivity contribution in [2.75, 3.05) is 5.32 Å². The Labute approximate surface area is 105 Å². The lowest BCUT2D eigenvalue weighted by molar-refractivity contribution is 1.12. The monoisotopic (exact) mass is 241 g/mol. The van der Waals surface area contributed by atoms with Crippen LogP contribution in [-0.2, 0) is 0 Å². The van der Waals surface area contributed by atoms with E-state index in [0.717, 1.165) is 22.4 Å². The lowest BCUT2D eigenvalue weighted by Gasteiger charge is -2.03. The van der Waals surface area contributed by atoms with Gasteiger partial charge >= 0.3 is 0 Å². The molecule has 0 aliphatic rings. The van der Waals surface area contributed by atoms with Gasteiger partial charge < -0.3 is 5.32 Å². The van der Waals surface area contributed by atoms with E-state index in [9.17, 15) is 0 Å². The molecule has 0 spiro atoms. The molecule has 5 nitrogen and oxygen atoms in total. The lowest BCUT2D eigenvalue weighted by atomic mass is 10.3. The number of aromatic amines is 1. The Morgan fingerprint density at radius 2 is 2.06 bits per heavy atom. The smallest absolute Gasteiger partial charge is 0.132 e. The van der Waals surface area contributed by atoms with Gasteiger partial charge in [-0.2, -0.15) is 5.10 Å². The van der Waals surface area contributed by atoms with E-state index in [1.54, 1.807) is 24.8 Å². The number of pyridine rings is 2. The fourth-order valence-corrected chi connectivity index (χ4v) is 1.49. The van der Waals surface area contributed by atoms with Crippen LogP contribution in [-0.4, -0.2) is 20.2 Å². The van der Waals surface area contributed by atoms with Gasteiger partial charge in [0.25, 0.3) is 0 Å². The predicted molar refractivity (Wildman–Crippen MR) is 72.8 cm³/mol. The third-order valence-electron chi connectivity index (χ3n) is 2.26. The fourth-order valence-electron chi connectivity index (χ4n) is 1.49. The van der Waals surface area contributed by atoms with Crippen LogP contribution in [0.15, 0.2) is 43.0 Å². The van der Waals surface area contributed by atoms with Crippen LogP contribution in [0.25, 0.3) is 10.9 Å². The Balaban J connectivity index is 0.000000574. The quantitative estimate of drug-likeness (QED) is 0.723. The summed E-state index contributed by atoms with van der Waals surface area (Å²) in [4.78, 5) is 8.30. The number of nitrogens with zero attached hydrogens (tertiary/aromatic N) is 3. The maximum atomic E-state index is 4.28. The standard InChI is InChI=1S/C11H9N5.C2H6/c1-2-9(7-12-3-1)15-11-4-10-8(5-13-11)6-14-16-10;1-2/h1-7H,(H,13,15)(H,14,16);1-2H3. The summed E-state index contributed by atoms with van der Waals surface area (Å²) in [7, 11) is 0. The molecule has 0 aromatic carbocycles. The summed E-state index contributed by atoms with van der Waals surface area (Å²) in [6, 6.07) is 5.72. The molecule has 0 saturated heterocycles. The average molecular weight is 241 g/mol. The highest BCUT2D eigenvalue weighted by Crippen LogP contribution is 2.16. The van der Waals surface area contributed by atoms with Gasteiger partial charge in [-0.05, 0) is 12.1 Å². The van der Waals surface area contributed by atoms with E-state index in [1.807, 2.05) is 32.0 Å². The molecule has 3 aromatic heterocycles. The molecule has 0 aliphatic heterocycles. The Hall–Kier alpha value is -2.43. The number of hydrogen-bond acceptors (Lipinski definition) is 4. The summed E-state index contributed by atoms with van der Waals surface area (Å²) < 4.78 is 0. The number of aromatic nitrogens is 4. The first-order valence-electron chi connectivity index (χ1n) is 5.88. The molecule has 92 valence electrons. The number of fused-ring (bicyclic) bond motifs is 1. The van der Waals surface area contributed by atoms with Crippen molar-refractivity contribution >= 4 is 22.4 Å². The van der Waals surface area contributed by atoms with E-state index < -0.39 is 0 Å². The summed E-state index contributed by atoms with van der Waals surface area (Å²) in [5.41, 5.74) is 1.87. The number of H-pyrrole nitrogens is 1. The van der Waals surface area contributed by atoms with Crippen molar-refractivity contribution in [2.24, 2.45) is 0 Å². The minimum atomic E-state index is 0.768. The fraction of sp³-hybridized carbons (Fsp3) is 0.154. The van der Waals surface area contributed by atoms with Crippen molar-refractivity contribution in [3.63, 3.8) is 0 Å². The number of nitrogens with one attached hydrogen (secondary N) is 2. The van der Waals surface area contributed by atoms with E-state index in [2.05, 4.69) is 25.5 Å². The normalized spacial score (nSPS) is 9.67. The van der Waals surface area contributed by atoms with Gasteiger partial charge in [-0.1, -0.05) is 13.8 Å². The van der Waals surface area contributed by atoms with Crippen LogP contribution in [0.1, 0.15) is 13.8 Å². The van der Waals surface area contributed by atoms with Crippen LogP contribution in [0.4, 0.5) is 11.5 Å². The molecule has 18 heavy (non-hydrogen) atoms. The molecule has 0 fully saturated rings. The zero-order chi connectivity index (χ0) is 12.8. The Morgan fingerprint density at radius 1 is 1.17 bits per heavy atom. The van der Waals surface area contributed by atoms with Crippen molar-refractivity contribution in [1.82, 2.24) is 20.2 Å². The minimum absolute atomic E-state index is 0.768. The van der Waals surface area contributed by atoms with Crippen molar-refractivity contribution < 1.29 is 0 Å². The molecule has 0 amide bonds. The predicted octanol–water partition coefficient (Wildman–Crippen LogP) is 3.12. The van der Waals surface area contributed by atoms with Gasteiger partial charge in [-0.15, -0.1) is 0 Å². The Morgan fingerprint density at radius 3 is 2.83 bits per heavy atom. The van der Waals surface area contributed by atoms with Gasteiger partial charge in [0.15, 0.2) is 0 Å². The summed E-state index contributed by atoms with van der Waals surface area (Å²) in [5.74, 6) is 0.768. The zero-order valence-corrected chi connectivity index (χ0v) is 10.4. The van der Waals surface area contributed by atoms with E-state index in [4.69, 9.17) is 0 Å². The molecule has 0 bridgehead atoms. The molecule has 5 heteroatoms. The van der Waals surface area contributed by atoms with Crippen LogP contribution < -0.4 is 5.32 Å². The highest BCUT2D eigenvalue weighted by atomic mass is 15.1. The first-order chi connectivity index (χ1) is 8.92. The lowest BCUT2D eigenvalue weighted by Crippen LogP contribution is -1.93. The SMILES string of the molecule is CC.c1cncc(Nc2cc3[nH]ncc3cn2)c1. The average Bonchev–Trinajstić information content (AvgIpc) is 2.90. The highest BCUT2D eigenvalue weighted by Gasteiger charge is 1.99. The second-order valence-electron chi connectivity index (χ2n) is 3.39. The second-order valence-corrected chi connectivity index (χ2v) is 3.39. The molecule has 2 N–H and O–H groups in total. The van der Waals surface area contributed by atoms with Gasteiger partial charge in [0.2, 0.25) is 0 Å². The van der Waals surface area contributed by atoms with Crippen LogP contribution in [0.2, 0.25) is 0 Å². The number of hydrogen-bond donors (Lipinski definition) is 2. The molecular weight excluding hydrogens is 226 g/mol. The molecule has 0 unspecified atom stereocenters. The summed E-state index contributed by atoms with van der Waals surface area (Å²) >= 11 is 0. The van der Waals surface area contributed by atoms with Crippen LogP contribution in [0.5, 0.6) is 0 Å². The second kappa shape index (κ2) is 5.77. The third kappa shape index (κ3) is 2.63. The maximum absolute atomic E-state index is 4.28. The molecule has 0 radical (unpaired) electrons. The van der Waals surface area contributed by atoms with Crippen molar-refractivity contribution in [3.05, 3.63) is 43.0 Å². The van der Waals surface area contributed by atoms with E-state index in [0.29, 0.717) is 0 Å². The largest absolute Gasteiger partial charge is 0.339 e. The summed E-state index contributed by atoms with van der Waals surface area (Å²) in [6.45, 7) is 4.00. The Bertz CT molecular complexity index is 603. The van der Waals surface area contributed by atoms with Gasteiger partial charge in [-0.25, -0.2) is 4.98 Å². The van der Waals surface area contributed by atoms with Gasteiger partial charge in [-0.3, -0.25) is 10.1 Å². The molecule has 0 saturated carbocycles. The molecule has 3 rings (SSSR count). The minimum Gasteiger partial charge on any atom is -0.339 e. The van der Waals surface area contributed by atoms with Crippen molar-refractivity contribution in [1.29, 1.82) is 0 Å². The van der Waals surface area contributed by atoms with Crippen LogP contribution in [0, 0.1) is 0 Å². The van der Waals surface area contributed by atoms with E-state index >= 15 is 0 Å². The van der Waals surface area contributed by atoms with Gasteiger partial charge in [0.1, 0.15) is 5.82 Å². The molecule has 0 aliphatic carbocycles. The Kier molecular flexibility index (Phi) is 3.86. The molecule has 3 heterocycles. The van der Waals surface area contributed by atoms with Crippen LogP contribution in [0.3, 0.4) is 0 Å². The maximum Gasteiger partial charge on any atom is 0.132 e. The number of anilines is 2. The third-order valence-corrected chi connectivity index (χ3v) is 2.26. The summed E-state index contributed by atoms with van der Waals surface area (Å²) in [6.07, 6.45) is 7.00. The summed E-state index contributed by atoms with van der Waals surface area (Å²) in [5, 5.41) is 11.0. The topological polar surface area (TPSA) is 66.5 Å². The molecule has 3 aromatic rings. The first-order valence-corrected chi connectivity index (χ1v) is 5.88. The molecule has 0 atom stereocenters. The van der Waals surface area contributed by atoms with Crippen LogP contribution >= 0.6 is 0 Å². The zero-order valence-electron chi connectivity index (χ0n) is 10.4. The van der Waals surface area contributed by atoms with Gasteiger partial charge in [0.05, 0.1) is 23.6 Å². The van der Waals surface area contributed by atoms with E-state index in [-0.39, 0.29) is 0 Å². The van der Waals surface area contributed by atoms with E-state index in [1.165, 1.54) is 0 Å². The van der Waals surface area contributed by atoms with Crippen molar-refractivity contribution in [3.8, 4) is 0 Å². The molecular formula is C13H15N5. The van der Waals surface area contributed by atoms with Crippen molar-refractivity contribution in [2.45, 2.75) is 13.8 Å².